The lowest BCUT2D eigenvalue weighted by Gasteiger charge is -2.10. The van der Waals surface area contributed by atoms with Crippen LogP contribution in [0, 0.1) is 5.82 Å². The van der Waals surface area contributed by atoms with Crippen molar-refractivity contribution in [1.82, 2.24) is 0 Å². The van der Waals surface area contributed by atoms with E-state index < -0.39 is 17.7 Å². The smallest absolute Gasteiger partial charge is 0.337 e. The van der Waals surface area contributed by atoms with Gasteiger partial charge in [-0.1, -0.05) is 18.2 Å². The SMILES string of the molecule is O=C(CNc1ccccc1)Nc1cc(F)ccc1C(=O)O. The summed E-state index contributed by atoms with van der Waals surface area (Å²) in [6.45, 7) is -0.0560. The fraction of sp³-hybridized carbons (Fsp3) is 0.0667. The molecular weight excluding hydrogens is 275 g/mol. The van der Waals surface area contributed by atoms with Crippen LogP contribution in [0.3, 0.4) is 0 Å². The molecule has 0 fully saturated rings. The average Bonchev–Trinajstić information content (AvgIpc) is 2.46. The molecule has 0 heterocycles. The number of carboxylic acid groups (broad SMARTS) is 1. The van der Waals surface area contributed by atoms with Gasteiger partial charge in [0.05, 0.1) is 17.8 Å². The molecule has 0 aliphatic carbocycles. The number of halogens is 1. The number of amides is 1. The topological polar surface area (TPSA) is 78.4 Å². The van der Waals surface area contributed by atoms with Crippen LogP contribution >= 0.6 is 0 Å². The molecule has 0 radical (unpaired) electrons. The Hall–Kier alpha value is -2.89. The van der Waals surface area contributed by atoms with Gasteiger partial charge in [0, 0.05) is 5.69 Å². The number of hydrogen-bond donors (Lipinski definition) is 3. The fourth-order valence-corrected chi connectivity index (χ4v) is 1.74. The van der Waals surface area contributed by atoms with E-state index >= 15 is 0 Å². The number of rotatable bonds is 5. The highest BCUT2D eigenvalue weighted by atomic mass is 19.1. The Morgan fingerprint density at radius 2 is 1.81 bits per heavy atom. The molecule has 5 nitrogen and oxygen atoms in total. The van der Waals surface area contributed by atoms with E-state index in [9.17, 15) is 14.0 Å². The molecule has 1 amide bonds. The molecule has 3 N–H and O–H groups in total. The number of benzene rings is 2. The van der Waals surface area contributed by atoms with Crippen LogP contribution < -0.4 is 10.6 Å². The molecule has 2 aromatic carbocycles. The first-order chi connectivity index (χ1) is 10.1. The fourth-order valence-electron chi connectivity index (χ4n) is 1.74. The highest BCUT2D eigenvalue weighted by Crippen LogP contribution is 2.17. The molecule has 6 heteroatoms. The standard InChI is InChI=1S/C15H13FN2O3/c16-10-6-7-12(15(20)21)13(8-10)18-14(19)9-17-11-4-2-1-3-5-11/h1-8,17H,9H2,(H,18,19)(H,20,21). The van der Waals surface area contributed by atoms with Crippen molar-refractivity contribution in [2.24, 2.45) is 0 Å². The van der Waals surface area contributed by atoms with Gasteiger partial charge in [0.15, 0.2) is 0 Å². The predicted molar refractivity (Wildman–Crippen MR) is 76.9 cm³/mol. The van der Waals surface area contributed by atoms with E-state index in [1.165, 1.54) is 0 Å². The number of carbonyl (C=O) groups excluding carboxylic acids is 1. The highest BCUT2D eigenvalue weighted by Gasteiger charge is 2.13. The summed E-state index contributed by atoms with van der Waals surface area (Å²) in [5.41, 5.74) is 0.525. The van der Waals surface area contributed by atoms with E-state index in [0.29, 0.717) is 0 Å². The number of aromatic carboxylic acids is 1. The third kappa shape index (κ3) is 4.04. The van der Waals surface area contributed by atoms with E-state index in [-0.39, 0.29) is 17.8 Å². The zero-order valence-corrected chi connectivity index (χ0v) is 11.0. The normalized spacial score (nSPS) is 9.95. The molecule has 0 aliphatic rings. The maximum Gasteiger partial charge on any atom is 0.337 e. The first-order valence-corrected chi connectivity index (χ1v) is 6.18. The van der Waals surface area contributed by atoms with E-state index in [1.54, 1.807) is 12.1 Å². The monoisotopic (exact) mass is 288 g/mol. The van der Waals surface area contributed by atoms with Gasteiger partial charge in [0.2, 0.25) is 5.91 Å². The number of nitrogens with one attached hydrogen (secondary N) is 2. The molecule has 0 saturated carbocycles. The lowest BCUT2D eigenvalue weighted by molar-refractivity contribution is -0.114. The Balaban J connectivity index is 2.02. The number of carbonyl (C=O) groups is 2. The van der Waals surface area contributed by atoms with Gasteiger partial charge in [-0.05, 0) is 30.3 Å². The Morgan fingerprint density at radius 1 is 1.10 bits per heavy atom. The molecule has 0 unspecified atom stereocenters. The molecular formula is C15H13FN2O3. The maximum atomic E-state index is 13.2. The predicted octanol–water partition coefficient (Wildman–Crippen LogP) is 2.57. The molecule has 0 atom stereocenters. The average molecular weight is 288 g/mol. The molecule has 0 aliphatic heterocycles. The molecule has 0 bridgehead atoms. The minimum absolute atomic E-state index is 0.0560. The molecule has 2 rings (SSSR count). The second-order valence-corrected chi connectivity index (χ2v) is 4.26. The van der Waals surface area contributed by atoms with Crippen LogP contribution in [0.2, 0.25) is 0 Å². The second-order valence-electron chi connectivity index (χ2n) is 4.26. The minimum atomic E-state index is -1.23. The number of hydrogen-bond acceptors (Lipinski definition) is 3. The van der Waals surface area contributed by atoms with Gasteiger partial charge in [-0.3, -0.25) is 4.79 Å². The summed E-state index contributed by atoms with van der Waals surface area (Å²) < 4.78 is 13.2. The van der Waals surface area contributed by atoms with Gasteiger partial charge in [-0.2, -0.15) is 0 Å². The van der Waals surface area contributed by atoms with Crippen molar-refractivity contribution >= 4 is 23.3 Å². The van der Waals surface area contributed by atoms with Crippen molar-refractivity contribution in [3.05, 3.63) is 59.9 Å². The highest BCUT2D eigenvalue weighted by molar-refractivity contribution is 6.01. The Kier molecular flexibility index (Phi) is 4.50. The van der Waals surface area contributed by atoms with Crippen molar-refractivity contribution in [2.45, 2.75) is 0 Å². The van der Waals surface area contributed by atoms with Gasteiger partial charge >= 0.3 is 5.97 Å². The molecule has 2 aromatic rings. The van der Waals surface area contributed by atoms with Crippen LogP contribution in [-0.2, 0) is 4.79 Å². The molecule has 0 aromatic heterocycles. The molecule has 0 saturated heterocycles. The van der Waals surface area contributed by atoms with Crippen molar-refractivity contribution in [1.29, 1.82) is 0 Å². The number of carboxylic acids is 1. The summed E-state index contributed by atoms with van der Waals surface area (Å²) in [5.74, 6) is -2.32. The lowest BCUT2D eigenvalue weighted by atomic mass is 10.1. The van der Waals surface area contributed by atoms with Gasteiger partial charge in [-0.15, -0.1) is 0 Å². The number of para-hydroxylation sites is 1. The van der Waals surface area contributed by atoms with E-state index in [4.69, 9.17) is 5.11 Å². The summed E-state index contributed by atoms with van der Waals surface area (Å²) in [5, 5.41) is 14.2. The third-order valence-corrected chi connectivity index (χ3v) is 2.71. The van der Waals surface area contributed by atoms with E-state index in [0.717, 1.165) is 23.9 Å². The quantitative estimate of drug-likeness (QED) is 0.790. The third-order valence-electron chi connectivity index (χ3n) is 2.71. The zero-order valence-electron chi connectivity index (χ0n) is 11.0. The summed E-state index contributed by atoms with van der Waals surface area (Å²) in [6, 6.07) is 12.2. The first-order valence-electron chi connectivity index (χ1n) is 6.18. The van der Waals surface area contributed by atoms with Crippen LogP contribution in [0.5, 0.6) is 0 Å². The van der Waals surface area contributed by atoms with Gasteiger partial charge in [0.25, 0.3) is 0 Å². The van der Waals surface area contributed by atoms with E-state index in [2.05, 4.69) is 10.6 Å². The van der Waals surface area contributed by atoms with Crippen molar-refractivity contribution in [3.63, 3.8) is 0 Å². The van der Waals surface area contributed by atoms with Gasteiger partial charge in [0.1, 0.15) is 5.82 Å². The zero-order chi connectivity index (χ0) is 15.2. The minimum Gasteiger partial charge on any atom is -0.478 e. The Bertz CT molecular complexity index is 659. The first kappa shape index (κ1) is 14.5. The summed E-state index contributed by atoms with van der Waals surface area (Å²) in [6.07, 6.45) is 0. The Morgan fingerprint density at radius 3 is 2.48 bits per heavy atom. The molecule has 108 valence electrons. The van der Waals surface area contributed by atoms with E-state index in [1.807, 2.05) is 18.2 Å². The summed E-state index contributed by atoms with van der Waals surface area (Å²) >= 11 is 0. The van der Waals surface area contributed by atoms with Crippen LogP contribution in [0.15, 0.2) is 48.5 Å². The van der Waals surface area contributed by atoms with Crippen LogP contribution in [-0.4, -0.2) is 23.5 Å². The van der Waals surface area contributed by atoms with Crippen LogP contribution in [0.1, 0.15) is 10.4 Å². The largest absolute Gasteiger partial charge is 0.478 e. The summed E-state index contributed by atoms with van der Waals surface area (Å²) in [7, 11) is 0. The Labute approximate surface area is 120 Å². The second kappa shape index (κ2) is 6.51. The molecule has 21 heavy (non-hydrogen) atoms. The van der Waals surface area contributed by atoms with Crippen LogP contribution in [0.25, 0.3) is 0 Å². The van der Waals surface area contributed by atoms with Crippen molar-refractivity contribution in [2.75, 3.05) is 17.2 Å². The van der Waals surface area contributed by atoms with Gasteiger partial charge < -0.3 is 15.7 Å². The summed E-state index contributed by atoms with van der Waals surface area (Å²) in [4.78, 5) is 22.8. The van der Waals surface area contributed by atoms with Crippen molar-refractivity contribution < 1.29 is 19.1 Å². The number of anilines is 2. The maximum absolute atomic E-state index is 13.2. The van der Waals surface area contributed by atoms with Gasteiger partial charge in [-0.25, -0.2) is 9.18 Å². The van der Waals surface area contributed by atoms with Crippen LogP contribution in [0.4, 0.5) is 15.8 Å². The lowest BCUT2D eigenvalue weighted by Crippen LogP contribution is -2.23. The molecule has 0 spiro atoms. The van der Waals surface area contributed by atoms with Crippen molar-refractivity contribution in [3.8, 4) is 0 Å².